The van der Waals surface area contributed by atoms with Gasteiger partial charge in [-0.1, -0.05) is 38.1 Å². The van der Waals surface area contributed by atoms with Gasteiger partial charge in [-0.2, -0.15) is 0 Å². The van der Waals surface area contributed by atoms with E-state index in [2.05, 4.69) is 53.0 Å². The van der Waals surface area contributed by atoms with E-state index in [1.54, 1.807) is 0 Å². The van der Waals surface area contributed by atoms with Gasteiger partial charge < -0.3 is 9.88 Å². The van der Waals surface area contributed by atoms with Crippen molar-refractivity contribution in [3.63, 3.8) is 0 Å². The Labute approximate surface area is 122 Å². The number of nitrogens with one attached hydrogen (secondary N) is 1. The van der Waals surface area contributed by atoms with E-state index >= 15 is 0 Å². The minimum atomic E-state index is 0.432. The van der Waals surface area contributed by atoms with Crippen molar-refractivity contribution < 1.29 is 0 Å². The minimum absolute atomic E-state index is 0.432. The summed E-state index contributed by atoms with van der Waals surface area (Å²) in [4.78, 5) is 4.36. The molecule has 0 aliphatic heterocycles. The lowest BCUT2D eigenvalue weighted by molar-refractivity contribution is 0.515. The summed E-state index contributed by atoms with van der Waals surface area (Å²) in [5.41, 5.74) is 2.78. The van der Waals surface area contributed by atoms with E-state index in [1.165, 1.54) is 11.1 Å². The number of nitrogens with zero attached hydrogens (tertiary/aromatic N) is 2. The lowest BCUT2D eigenvalue weighted by atomic mass is 10.0. The zero-order chi connectivity index (χ0) is 14.4. The van der Waals surface area contributed by atoms with Crippen LogP contribution >= 0.6 is 0 Å². The average Bonchev–Trinajstić information content (AvgIpc) is 2.89. The summed E-state index contributed by atoms with van der Waals surface area (Å²) in [5, 5.41) is 3.64. The van der Waals surface area contributed by atoms with Gasteiger partial charge in [0, 0.05) is 38.4 Å². The van der Waals surface area contributed by atoms with Crippen molar-refractivity contribution >= 4 is 0 Å². The van der Waals surface area contributed by atoms with E-state index in [9.17, 15) is 0 Å². The third-order valence-electron chi connectivity index (χ3n) is 3.86. The molecule has 1 N–H and O–H groups in total. The first-order valence-electron chi connectivity index (χ1n) is 7.53. The molecule has 108 valence electrons. The van der Waals surface area contributed by atoms with E-state index in [1.807, 2.05) is 19.4 Å². The predicted molar refractivity (Wildman–Crippen MR) is 83.8 cm³/mol. The summed E-state index contributed by atoms with van der Waals surface area (Å²) in [6, 6.07) is 9.40. The molecule has 0 saturated heterocycles. The van der Waals surface area contributed by atoms with Crippen LogP contribution in [-0.4, -0.2) is 16.1 Å². The van der Waals surface area contributed by atoms with E-state index in [4.69, 9.17) is 0 Å². The van der Waals surface area contributed by atoms with Crippen LogP contribution < -0.4 is 5.32 Å². The number of imidazole rings is 1. The Morgan fingerprint density at radius 3 is 2.50 bits per heavy atom. The van der Waals surface area contributed by atoms with Crippen LogP contribution in [0.2, 0.25) is 0 Å². The monoisotopic (exact) mass is 271 g/mol. The third kappa shape index (κ3) is 3.70. The number of aryl methyl sites for hydroxylation is 2. The van der Waals surface area contributed by atoms with Crippen molar-refractivity contribution in [2.24, 2.45) is 7.05 Å². The van der Waals surface area contributed by atoms with E-state index < -0.39 is 0 Å². The maximum Gasteiger partial charge on any atom is 0.109 e. The molecule has 0 aliphatic carbocycles. The van der Waals surface area contributed by atoms with Gasteiger partial charge in [-0.15, -0.1) is 0 Å². The SMILES string of the molecule is CCc1ccc(C(CC)NCCc2nccn2C)cc1. The molecule has 0 aliphatic rings. The molecule has 0 bridgehead atoms. The van der Waals surface area contributed by atoms with E-state index in [0.717, 1.165) is 31.6 Å². The van der Waals surface area contributed by atoms with Crippen LogP contribution in [0.15, 0.2) is 36.7 Å². The van der Waals surface area contributed by atoms with Gasteiger partial charge in [0.05, 0.1) is 0 Å². The molecule has 1 atom stereocenters. The average molecular weight is 271 g/mol. The van der Waals surface area contributed by atoms with Gasteiger partial charge in [0.25, 0.3) is 0 Å². The Hall–Kier alpha value is -1.61. The largest absolute Gasteiger partial charge is 0.338 e. The normalized spacial score (nSPS) is 12.6. The molecule has 2 aromatic rings. The van der Waals surface area contributed by atoms with Gasteiger partial charge in [-0.05, 0) is 24.0 Å². The maximum atomic E-state index is 4.36. The van der Waals surface area contributed by atoms with Crippen molar-refractivity contribution in [2.45, 2.75) is 39.2 Å². The highest BCUT2D eigenvalue weighted by Gasteiger charge is 2.08. The van der Waals surface area contributed by atoms with Crippen LogP contribution in [0.1, 0.15) is 43.3 Å². The van der Waals surface area contributed by atoms with E-state index in [-0.39, 0.29) is 0 Å². The van der Waals surface area contributed by atoms with Crippen molar-refractivity contribution in [3.05, 3.63) is 53.6 Å². The Morgan fingerprint density at radius 1 is 1.20 bits per heavy atom. The zero-order valence-corrected chi connectivity index (χ0v) is 12.8. The van der Waals surface area contributed by atoms with Crippen molar-refractivity contribution in [2.75, 3.05) is 6.54 Å². The summed E-state index contributed by atoms with van der Waals surface area (Å²) in [7, 11) is 2.04. The fourth-order valence-electron chi connectivity index (χ4n) is 2.48. The molecule has 20 heavy (non-hydrogen) atoms. The molecule has 1 unspecified atom stereocenters. The van der Waals surface area contributed by atoms with Crippen molar-refractivity contribution in [3.8, 4) is 0 Å². The summed E-state index contributed by atoms with van der Waals surface area (Å²) >= 11 is 0. The lowest BCUT2D eigenvalue weighted by Gasteiger charge is -2.17. The molecule has 1 aromatic heterocycles. The van der Waals surface area contributed by atoms with Gasteiger partial charge in [0.15, 0.2) is 0 Å². The second-order valence-corrected chi connectivity index (χ2v) is 5.21. The first-order chi connectivity index (χ1) is 9.74. The number of hydrogen-bond acceptors (Lipinski definition) is 2. The molecule has 1 heterocycles. The summed E-state index contributed by atoms with van der Waals surface area (Å²) in [5.74, 6) is 1.13. The second-order valence-electron chi connectivity index (χ2n) is 5.21. The topological polar surface area (TPSA) is 29.9 Å². The number of benzene rings is 1. The summed E-state index contributed by atoms with van der Waals surface area (Å²) in [6.45, 7) is 5.38. The van der Waals surface area contributed by atoms with Gasteiger partial charge in [-0.3, -0.25) is 0 Å². The maximum absolute atomic E-state index is 4.36. The molecule has 0 saturated carbocycles. The lowest BCUT2D eigenvalue weighted by Crippen LogP contribution is -2.24. The van der Waals surface area contributed by atoms with Gasteiger partial charge in [0.1, 0.15) is 5.82 Å². The molecule has 3 nitrogen and oxygen atoms in total. The molecule has 0 fully saturated rings. The highest BCUT2D eigenvalue weighted by molar-refractivity contribution is 5.25. The smallest absolute Gasteiger partial charge is 0.109 e. The molecule has 1 aromatic carbocycles. The molecule has 0 amide bonds. The highest BCUT2D eigenvalue weighted by Crippen LogP contribution is 2.17. The van der Waals surface area contributed by atoms with Crippen LogP contribution in [-0.2, 0) is 19.9 Å². The Balaban J connectivity index is 1.89. The third-order valence-corrected chi connectivity index (χ3v) is 3.86. The van der Waals surface area contributed by atoms with Crippen molar-refractivity contribution in [1.82, 2.24) is 14.9 Å². The highest BCUT2D eigenvalue weighted by atomic mass is 15.0. The summed E-state index contributed by atoms with van der Waals surface area (Å²) < 4.78 is 2.08. The minimum Gasteiger partial charge on any atom is -0.338 e. The Morgan fingerprint density at radius 2 is 1.95 bits per heavy atom. The van der Waals surface area contributed by atoms with Crippen LogP contribution in [0, 0.1) is 0 Å². The first-order valence-corrected chi connectivity index (χ1v) is 7.53. The quantitative estimate of drug-likeness (QED) is 0.837. The number of aromatic nitrogens is 2. The fraction of sp³-hybridized carbons (Fsp3) is 0.471. The zero-order valence-electron chi connectivity index (χ0n) is 12.8. The molecule has 2 rings (SSSR count). The Kier molecular flexibility index (Phi) is 5.36. The van der Waals surface area contributed by atoms with Gasteiger partial charge >= 0.3 is 0 Å². The predicted octanol–water partition coefficient (Wildman–Crippen LogP) is 3.27. The first kappa shape index (κ1) is 14.8. The second kappa shape index (κ2) is 7.25. The van der Waals surface area contributed by atoms with Crippen LogP contribution in [0.5, 0.6) is 0 Å². The van der Waals surface area contributed by atoms with Gasteiger partial charge in [0.2, 0.25) is 0 Å². The number of hydrogen-bond donors (Lipinski definition) is 1. The molecular weight excluding hydrogens is 246 g/mol. The summed E-state index contributed by atoms with van der Waals surface area (Å²) in [6.07, 6.45) is 7.02. The van der Waals surface area contributed by atoms with Crippen LogP contribution in [0.25, 0.3) is 0 Å². The molecule has 0 radical (unpaired) electrons. The standard InChI is InChI=1S/C17H25N3/c1-4-14-6-8-15(9-7-14)16(5-2)18-11-10-17-19-12-13-20(17)3/h6-9,12-13,16,18H,4-5,10-11H2,1-3H3. The molecule has 3 heteroatoms. The Bertz CT molecular complexity index is 513. The fourth-order valence-corrected chi connectivity index (χ4v) is 2.48. The van der Waals surface area contributed by atoms with Crippen LogP contribution in [0.3, 0.4) is 0 Å². The van der Waals surface area contributed by atoms with Crippen LogP contribution in [0.4, 0.5) is 0 Å². The number of rotatable bonds is 7. The van der Waals surface area contributed by atoms with E-state index in [0.29, 0.717) is 6.04 Å². The molecular formula is C17H25N3. The molecule has 0 spiro atoms. The van der Waals surface area contributed by atoms with Gasteiger partial charge in [-0.25, -0.2) is 4.98 Å². The van der Waals surface area contributed by atoms with Crippen molar-refractivity contribution in [1.29, 1.82) is 0 Å².